The predicted molar refractivity (Wildman–Crippen MR) is 119 cm³/mol. The number of nitriles is 1. The summed E-state index contributed by atoms with van der Waals surface area (Å²) in [5, 5.41) is 19.3. The minimum Gasteiger partial charge on any atom is -0.341 e. The summed E-state index contributed by atoms with van der Waals surface area (Å²) < 4.78 is 0. The third kappa shape index (κ3) is 5.20. The van der Waals surface area contributed by atoms with E-state index in [2.05, 4.69) is 28.1 Å². The fourth-order valence-electron chi connectivity index (χ4n) is 3.85. The van der Waals surface area contributed by atoms with E-state index in [9.17, 15) is 9.59 Å². The molecule has 3 unspecified atom stereocenters. The quantitative estimate of drug-likeness (QED) is 0.520. The van der Waals surface area contributed by atoms with Crippen molar-refractivity contribution in [3.63, 3.8) is 0 Å². The Balaban J connectivity index is 1.41. The van der Waals surface area contributed by atoms with Crippen molar-refractivity contribution in [2.24, 2.45) is 0 Å². The molecule has 6 heteroatoms. The van der Waals surface area contributed by atoms with Crippen LogP contribution in [0.3, 0.4) is 0 Å². The minimum absolute atomic E-state index is 0.0610. The molecule has 3 amide bonds. The van der Waals surface area contributed by atoms with Gasteiger partial charge >= 0.3 is 6.03 Å². The maximum Gasteiger partial charge on any atom is 0.315 e. The Morgan fingerprint density at radius 2 is 1.74 bits per heavy atom. The standard InChI is InChI=1S/C25H24N4O2/c26-12-13-27-24(30)23(15-17-10-11-18-6-4-5-9-20(18)14-17)29-25(31)28-22-16-21(22)19-7-2-1-3-8-19/h1-11,14,21-23H,13,15-16H2,(H,27,30)(H2,28,29,31). The summed E-state index contributed by atoms with van der Waals surface area (Å²) in [5.41, 5.74) is 2.14. The molecule has 0 heterocycles. The molecular weight excluding hydrogens is 388 g/mol. The molecule has 1 aliphatic rings. The normalized spacial score (nSPS) is 17.9. The van der Waals surface area contributed by atoms with Crippen LogP contribution in [0.5, 0.6) is 0 Å². The van der Waals surface area contributed by atoms with Gasteiger partial charge in [-0.2, -0.15) is 5.26 Å². The van der Waals surface area contributed by atoms with Crippen LogP contribution in [-0.2, 0) is 11.2 Å². The third-order valence-electron chi connectivity index (χ3n) is 5.55. The number of carbonyl (C=O) groups is 2. The van der Waals surface area contributed by atoms with Crippen molar-refractivity contribution in [3.05, 3.63) is 83.9 Å². The lowest BCUT2D eigenvalue weighted by Gasteiger charge is -2.19. The van der Waals surface area contributed by atoms with Gasteiger partial charge in [0.05, 0.1) is 6.07 Å². The number of nitrogens with one attached hydrogen (secondary N) is 3. The maximum atomic E-state index is 12.6. The van der Waals surface area contributed by atoms with Gasteiger partial charge in [-0.05, 0) is 28.3 Å². The van der Waals surface area contributed by atoms with Gasteiger partial charge in [-0.25, -0.2) is 4.79 Å². The largest absolute Gasteiger partial charge is 0.341 e. The topological polar surface area (TPSA) is 94.0 Å². The van der Waals surface area contributed by atoms with E-state index in [0.717, 1.165) is 22.8 Å². The molecule has 0 bridgehead atoms. The molecular formula is C25H24N4O2. The molecule has 1 saturated carbocycles. The molecule has 3 atom stereocenters. The van der Waals surface area contributed by atoms with Crippen LogP contribution in [0.25, 0.3) is 10.8 Å². The fraction of sp³-hybridized carbons (Fsp3) is 0.240. The Labute approximate surface area is 181 Å². The SMILES string of the molecule is N#CCNC(=O)C(Cc1ccc2ccccc2c1)NC(=O)NC1CC1c1ccccc1. The number of fused-ring (bicyclic) bond motifs is 1. The van der Waals surface area contributed by atoms with Gasteiger partial charge in [0.15, 0.2) is 0 Å². The zero-order valence-electron chi connectivity index (χ0n) is 17.0. The Kier molecular flexibility index (Phi) is 6.13. The van der Waals surface area contributed by atoms with Gasteiger partial charge in [0.25, 0.3) is 0 Å². The molecule has 0 saturated heterocycles. The van der Waals surface area contributed by atoms with Crippen molar-refractivity contribution in [1.29, 1.82) is 5.26 Å². The highest BCUT2D eigenvalue weighted by Crippen LogP contribution is 2.40. The first kappa shape index (κ1) is 20.4. The lowest BCUT2D eigenvalue weighted by atomic mass is 10.0. The highest BCUT2D eigenvalue weighted by molar-refractivity contribution is 5.88. The second kappa shape index (κ2) is 9.31. The van der Waals surface area contributed by atoms with Crippen LogP contribution < -0.4 is 16.0 Å². The van der Waals surface area contributed by atoms with E-state index in [0.29, 0.717) is 12.3 Å². The average molecular weight is 412 g/mol. The summed E-state index contributed by atoms with van der Waals surface area (Å²) in [6.07, 6.45) is 1.22. The van der Waals surface area contributed by atoms with E-state index in [-0.39, 0.29) is 24.5 Å². The fourth-order valence-corrected chi connectivity index (χ4v) is 3.85. The lowest BCUT2D eigenvalue weighted by Crippen LogP contribution is -2.51. The van der Waals surface area contributed by atoms with Gasteiger partial charge in [0.2, 0.25) is 5.91 Å². The number of nitrogens with zero attached hydrogens (tertiary/aromatic N) is 1. The van der Waals surface area contributed by atoms with E-state index in [1.165, 1.54) is 5.56 Å². The molecule has 0 aromatic heterocycles. The van der Waals surface area contributed by atoms with Crippen molar-refractivity contribution >= 4 is 22.7 Å². The Bertz CT molecular complexity index is 1120. The van der Waals surface area contributed by atoms with Gasteiger partial charge < -0.3 is 16.0 Å². The second-order valence-electron chi connectivity index (χ2n) is 7.79. The van der Waals surface area contributed by atoms with Crippen LogP contribution in [-0.4, -0.2) is 30.6 Å². The summed E-state index contributed by atoms with van der Waals surface area (Å²) in [6, 6.07) is 24.8. The van der Waals surface area contributed by atoms with Crippen LogP contribution in [0.1, 0.15) is 23.5 Å². The number of rotatable bonds is 7. The summed E-state index contributed by atoms with van der Waals surface area (Å²) in [5.74, 6) is -0.0708. The Morgan fingerprint density at radius 1 is 1.00 bits per heavy atom. The number of benzene rings is 3. The predicted octanol–water partition coefficient (Wildman–Crippen LogP) is 3.25. The lowest BCUT2D eigenvalue weighted by molar-refractivity contribution is -0.122. The average Bonchev–Trinajstić information content (AvgIpc) is 3.56. The third-order valence-corrected chi connectivity index (χ3v) is 5.55. The molecule has 1 fully saturated rings. The van der Waals surface area contributed by atoms with E-state index in [1.807, 2.05) is 66.7 Å². The number of amides is 3. The zero-order valence-corrected chi connectivity index (χ0v) is 17.0. The highest BCUT2D eigenvalue weighted by atomic mass is 16.2. The molecule has 4 rings (SSSR count). The number of hydrogen-bond donors (Lipinski definition) is 3. The second-order valence-corrected chi connectivity index (χ2v) is 7.79. The van der Waals surface area contributed by atoms with E-state index < -0.39 is 6.04 Å². The first-order chi connectivity index (χ1) is 15.1. The van der Waals surface area contributed by atoms with Crippen molar-refractivity contribution in [2.75, 3.05) is 6.54 Å². The molecule has 1 aliphatic carbocycles. The van der Waals surface area contributed by atoms with E-state index in [1.54, 1.807) is 0 Å². The molecule has 31 heavy (non-hydrogen) atoms. The molecule has 3 aromatic rings. The molecule has 156 valence electrons. The molecule has 6 nitrogen and oxygen atoms in total. The van der Waals surface area contributed by atoms with E-state index in [4.69, 9.17) is 5.26 Å². The monoisotopic (exact) mass is 412 g/mol. The van der Waals surface area contributed by atoms with Crippen molar-refractivity contribution in [2.45, 2.75) is 30.8 Å². The van der Waals surface area contributed by atoms with Crippen molar-refractivity contribution < 1.29 is 9.59 Å². The molecule has 0 spiro atoms. The van der Waals surface area contributed by atoms with Crippen LogP contribution in [0.4, 0.5) is 4.79 Å². The van der Waals surface area contributed by atoms with Crippen molar-refractivity contribution in [3.8, 4) is 6.07 Å². The van der Waals surface area contributed by atoms with Crippen LogP contribution in [0.15, 0.2) is 72.8 Å². The van der Waals surface area contributed by atoms with Gasteiger partial charge in [-0.15, -0.1) is 0 Å². The zero-order chi connectivity index (χ0) is 21.6. The summed E-state index contributed by atoms with van der Waals surface area (Å²) in [4.78, 5) is 25.2. The number of carbonyl (C=O) groups excluding carboxylic acids is 2. The van der Waals surface area contributed by atoms with Crippen LogP contribution >= 0.6 is 0 Å². The van der Waals surface area contributed by atoms with Crippen LogP contribution in [0.2, 0.25) is 0 Å². The maximum absolute atomic E-state index is 12.6. The van der Waals surface area contributed by atoms with Gasteiger partial charge in [0.1, 0.15) is 12.6 Å². The Morgan fingerprint density at radius 3 is 2.52 bits per heavy atom. The molecule has 3 aromatic carbocycles. The highest BCUT2D eigenvalue weighted by Gasteiger charge is 2.39. The van der Waals surface area contributed by atoms with E-state index >= 15 is 0 Å². The Hall–Kier alpha value is -3.85. The number of urea groups is 1. The van der Waals surface area contributed by atoms with Gasteiger partial charge in [-0.1, -0.05) is 72.8 Å². The minimum atomic E-state index is -0.775. The summed E-state index contributed by atoms with van der Waals surface area (Å²) in [6.45, 7) is -0.102. The van der Waals surface area contributed by atoms with Gasteiger partial charge in [-0.3, -0.25) is 4.79 Å². The first-order valence-electron chi connectivity index (χ1n) is 10.4. The molecule has 0 aliphatic heterocycles. The van der Waals surface area contributed by atoms with Gasteiger partial charge in [0, 0.05) is 18.4 Å². The smallest absolute Gasteiger partial charge is 0.315 e. The molecule has 3 N–H and O–H groups in total. The first-order valence-corrected chi connectivity index (χ1v) is 10.4. The molecule has 0 radical (unpaired) electrons. The van der Waals surface area contributed by atoms with Crippen LogP contribution in [0, 0.1) is 11.3 Å². The summed E-state index contributed by atoms with van der Waals surface area (Å²) in [7, 11) is 0. The van der Waals surface area contributed by atoms with Crippen molar-refractivity contribution in [1.82, 2.24) is 16.0 Å². The number of hydrogen-bond acceptors (Lipinski definition) is 3. The summed E-state index contributed by atoms with van der Waals surface area (Å²) >= 11 is 0.